The molecule has 0 amide bonds. The molecule has 0 aliphatic carbocycles. The van der Waals surface area contributed by atoms with E-state index < -0.39 is 10.0 Å². The normalized spacial score (nSPS) is 12.0. The molecule has 0 unspecified atom stereocenters. The van der Waals surface area contributed by atoms with Gasteiger partial charge in [0.2, 0.25) is 10.0 Å². The van der Waals surface area contributed by atoms with Gasteiger partial charge in [-0.2, -0.15) is 9.40 Å². The van der Waals surface area contributed by atoms with Crippen LogP contribution in [0.5, 0.6) is 5.75 Å². The highest BCUT2D eigenvalue weighted by molar-refractivity contribution is 7.89. The van der Waals surface area contributed by atoms with E-state index in [9.17, 15) is 13.5 Å². The fourth-order valence-electron chi connectivity index (χ4n) is 4.26. The fourth-order valence-corrected chi connectivity index (χ4v) is 5.47. The van der Waals surface area contributed by atoms with Crippen molar-refractivity contribution in [2.75, 3.05) is 34.2 Å². The van der Waals surface area contributed by atoms with E-state index in [0.717, 1.165) is 16.7 Å². The number of benzene rings is 2. The Kier molecular flexibility index (Phi) is 6.94. The van der Waals surface area contributed by atoms with E-state index in [4.69, 9.17) is 5.10 Å². The van der Waals surface area contributed by atoms with Crippen LogP contribution >= 0.6 is 0 Å². The number of rotatable bonds is 8. The minimum atomic E-state index is -3.69. The van der Waals surface area contributed by atoms with Gasteiger partial charge in [0.05, 0.1) is 16.2 Å². The van der Waals surface area contributed by atoms with Crippen molar-refractivity contribution >= 4 is 15.7 Å². The summed E-state index contributed by atoms with van der Waals surface area (Å²) in [7, 11) is 1.72. The molecular formula is C28H28N6O3S. The monoisotopic (exact) mass is 528 g/mol. The lowest BCUT2D eigenvalue weighted by Crippen LogP contribution is -2.33. The van der Waals surface area contributed by atoms with Crippen LogP contribution < -0.4 is 0 Å². The Labute approximate surface area is 221 Å². The van der Waals surface area contributed by atoms with Crippen LogP contribution in [0.1, 0.15) is 0 Å². The first-order chi connectivity index (χ1) is 18.3. The lowest BCUT2D eigenvalue weighted by molar-refractivity contribution is 0.358. The molecule has 10 heteroatoms. The summed E-state index contributed by atoms with van der Waals surface area (Å²) in [6.45, 7) is 0.990. The Morgan fingerprint density at radius 1 is 0.842 bits per heavy atom. The van der Waals surface area contributed by atoms with Gasteiger partial charge in [0.1, 0.15) is 11.4 Å². The largest absolute Gasteiger partial charge is 0.508 e. The first kappa shape index (κ1) is 25.5. The standard InChI is InChI=1S/C28H28N6O3S/c1-32(2)16-17-33(3)38(36,37)24-9-5-6-21(19-24)25-12-15-30-28-26(22-7-4-8-23(35)18-22)27(31-34(25)28)20-10-13-29-14-11-20/h4-15,18-19,35H,16-17H2,1-3H3. The van der Waals surface area contributed by atoms with Crippen molar-refractivity contribution in [2.45, 2.75) is 4.90 Å². The second-order valence-electron chi connectivity index (χ2n) is 9.23. The number of sulfonamides is 1. The number of aromatic hydroxyl groups is 1. The summed E-state index contributed by atoms with van der Waals surface area (Å²) in [4.78, 5) is 10.9. The van der Waals surface area contributed by atoms with E-state index in [-0.39, 0.29) is 10.6 Å². The van der Waals surface area contributed by atoms with Gasteiger partial charge in [-0.25, -0.2) is 17.9 Å². The Morgan fingerprint density at radius 2 is 1.58 bits per heavy atom. The van der Waals surface area contributed by atoms with Crippen LogP contribution in [0.3, 0.4) is 0 Å². The summed E-state index contributed by atoms with van der Waals surface area (Å²) in [6, 6.07) is 19.4. The van der Waals surface area contributed by atoms with Crippen LogP contribution in [0.15, 0.2) is 90.2 Å². The molecule has 9 nitrogen and oxygen atoms in total. The van der Waals surface area contributed by atoms with E-state index in [1.165, 1.54) is 4.31 Å². The van der Waals surface area contributed by atoms with E-state index in [2.05, 4.69) is 9.97 Å². The predicted octanol–water partition coefficient (Wildman–Crippen LogP) is 4.01. The Morgan fingerprint density at radius 3 is 2.32 bits per heavy atom. The molecule has 0 atom stereocenters. The van der Waals surface area contributed by atoms with Gasteiger partial charge < -0.3 is 10.0 Å². The summed E-state index contributed by atoms with van der Waals surface area (Å²) in [5.41, 5.74) is 4.97. The van der Waals surface area contributed by atoms with Crippen molar-refractivity contribution in [1.29, 1.82) is 0 Å². The van der Waals surface area contributed by atoms with E-state index >= 15 is 0 Å². The molecular weight excluding hydrogens is 500 g/mol. The molecule has 0 spiro atoms. The average Bonchev–Trinajstić information content (AvgIpc) is 3.32. The molecule has 0 fully saturated rings. The number of pyridine rings is 1. The molecule has 0 aliphatic heterocycles. The van der Waals surface area contributed by atoms with E-state index in [1.54, 1.807) is 66.6 Å². The molecule has 0 bridgehead atoms. The molecule has 0 radical (unpaired) electrons. The zero-order valence-electron chi connectivity index (χ0n) is 21.4. The number of aromatic nitrogens is 4. The summed E-state index contributed by atoms with van der Waals surface area (Å²) in [6.07, 6.45) is 5.07. The predicted molar refractivity (Wildman–Crippen MR) is 147 cm³/mol. The molecule has 3 heterocycles. The van der Waals surface area contributed by atoms with Crippen LogP contribution in [0.25, 0.3) is 39.3 Å². The summed E-state index contributed by atoms with van der Waals surface area (Å²) < 4.78 is 29.7. The lowest BCUT2D eigenvalue weighted by atomic mass is 10.0. The smallest absolute Gasteiger partial charge is 0.242 e. The van der Waals surface area contributed by atoms with Gasteiger partial charge in [-0.3, -0.25) is 4.98 Å². The molecule has 194 valence electrons. The second kappa shape index (κ2) is 10.3. The maximum Gasteiger partial charge on any atom is 0.242 e. The van der Waals surface area contributed by atoms with Crippen molar-refractivity contribution in [2.24, 2.45) is 0 Å². The van der Waals surface area contributed by atoms with Crippen LogP contribution in [0.4, 0.5) is 0 Å². The van der Waals surface area contributed by atoms with Crippen molar-refractivity contribution in [3.05, 3.63) is 85.3 Å². The van der Waals surface area contributed by atoms with Gasteiger partial charge in [-0.05, 0) is 62.1 Å². The summed E-state index contributed by atoms with van der Waals surface area (Å²) in [5.74, 6) is 0.134. The third-order valence-corrected chi connectivity index (χ3v) is 8.16. The third kappa shape index (κ3) is 4.89. The Balaban J connectivity index is 1.67. The van der Waals surface area contributed by atoms with Gasteiger partial charge >= 0.3 is 0 Å². The molecule has 38 heavy (non-hydrogen) atoms. The van der Waals surface area contributed by atoms with Crippen molar-refractivity contribution in [3.63, 3.8) is 0 Å². The molecule has 3 aromatic heterocycles. The minimum Gasteiger partial charge on any atom is -0.508 e. The van der Waals surface area contributed by atoms with E-state index in [0.29, 0.717) is 35.7 Å². The molecule has 1 N–H and O–H groups in total. The third-order valence-electron chi connectivity index (χ3n) is 6.31. The molecule has 5 rings (SSSR count). The first-order valence-electron chi connectivity index (χ1n) is 12.0. The zero-order valence-corrected chi connectivity index (χ0v) is 22.2. The molecule has 0 saturated heterocycles. The molecule has 5 aromatic rings. The Hall–Kier alpha value is -4.12. The maximum atomic E-state index is 13.3. The quantitative estimate of drug-likeness (QED) is 0.325. The van der Waals surface area contributed by atoms with Crippen molar-refractivity contribution in [1.82, 2.24) is 28.8 Å². The highest BCUT2D eigenvalue weighted by Gasteiger charge is 2.23. The summed E-state index contributed by atoms with van der Waals surface area (Å²) in [5, 5.41) is 15.1. The van der Waals surface area contributed by atoms with Crippen molar-refractivity contribution < 1.29 is 13.5 Å². The number of likely N-dealkylation sites (N-methyl/N-ethyl adjacent to an activating group) is 2. The molecule has 2 aromatic carbocycles. The topological polar surface area (TPSA) is 104 Å². The zero-order chi connectivity index (χ0) is 26.9. The van der Waals surface area contributed by atoms with E-state index in [1.807, 2.05) is 49.3 Å². The SMILES string of the molecule is CN(C)CCN(C)S(=O)(=O)c1cccc(-c2ccnc3c(-c4cccc(O)c4)c(-c4ccncc4)nn23)c1. The van der Waals surface area contributed by atoms with Gasteiger partial charge in [0, 0.05) is 49.9 Å². The van der Waals surface area contributed by atoms with Gasteiger partial charge in [0.25, 0.3) is 0 Å². The van der Waals surface area contributed by atoms with Crippen LogP contribution in [0.2, 0.25) is 0 Å². The first-order valence-corrected chi connectivity index (χ1v) is 13.5. The number of nitrogens with zero attached hydrogens (tertiary/aromatic N) is 6. The van der Waals surface area contributed by atoms with Crippen LogP contribution in [0, 0.1) is 0 Å². The highest BCUT2D eigenvalue weighted by Crippen LogP contribution is 2.37. The van der Waals surface area contributed by atoms with Gasteiger partial charge in [-0.15, -0.1) is 0 Å². The maximum absolute atomic E-state index is 13.3. The van der Waals surface area contributed by atoms with Gasteiger partial charge in [0.15, 0.2) is 5.65 Å². The van der Waals surface area contributed by atoms with Crippen LogP contribution in [-0.4, -0.2) is 76.5 Å². The average molecular weight is 529 g/mol. The second-order valence-corrected chi connectivity index (χ2v) is 11.3. The molecule has 0 aliphatic rings. The fraction of sp³-hybridized carbons (Fsp3) is 0.179. The number of hydrogen-bond acceptors (Lipinski definition) is 7. The Bertz CT molecular complexity index is 1700. The lowest BCUT2D eigenvalue weighted by Gasteiger charge is -2.19. The number of fused-ring (bicyclic) bond motifs is 1. The van der Waals surface area contributed by atoms with Crippen molar-refractivity contribution in [3.8, 4) is 39.4 Å². The van der Waals surface area contributed by atoms with Crippen LogP contribution in [-0.2, 0) is 10.0 Å². The number of phenols is 1. The number of hydrogen-bond donors (Lipinski definition) is 1. The minimum absolute atomic E-state index is 0.134. The molecule has 0 saturated carbocycles. The van der Waals surface area contributed by atoms with Gasteiger partial charge in [-0.1, -0.05) is 24.3 Å². The highest BCUT2D eigenvalue weighted by atomic mass is 32.2. The summed E-state index contributed by atoms with van der Waals surface area (Å²) >= 11 is 0. The number of phenolic OH excluding ortho intramolecular Hbond substituents is 1.